The Morgan fingerprint density at radius 3 is 2.37 bits per heavy atom. The lowest BCUT2D eigenvalue weighted by Crippen LogP contribution is -2.56. The van der Waals surface area contributed by atoms with Crippen molar-refractivity contribution >= 4 is 23.7 Å². The summed E-state index contributed by atoms with van der Waals surface area (Å²) in [6, 6.07) is -0.879. The van der Waals surface area contributed by atoms with Crippen molar-refractivity contribution in [3.63, 3.8) is 0 Å². The van der Waals surface area contributed by atoms with Crippen LogP contribution in [-0.2, 0) is 11.3 Å². The largest absolute Gasteiger partial charge is 0.402 e. The van der Waals surface area contributed by atoms with E-state index in [1.54, 1.807) is 7.05 Å². The van der Waals surface area contributed by atoms with Gasteiger partial charge in [0, 0.05) is 46.8 Å². The predicted octanol–water partition coefficient (Wildman–Crippen LogP) is -0.252. The maximum atomic E-state index is 12.8. The van der Waals surface area contributed by atoms with Crippen LogP contribution in [0.4, 0.5) is 10.7 Å². The van der Waals surface area contributed by atoms with Gasteiger partial charge in [0.25, 0.3) is 5.91 Å². The van der Waals surface area contributed by atoms with E-state index in [1.807, 2.05) is 11.5 Å². The van der Waals surface area contributed by atoms with E-state index in [2.05, 4.69) is 28.3 Å². The Kier molecular flexibility index (Phi) is 4.31. The van der Waals surface area contributed by atoms with Crippen molar-refractivity contribution in [2.75, 3.05) is 53.9 Å². The number of amides is 3. The predicted molar refractivity (Wildman–Crippen MR) is 100 cm³/mol. The molecule has 4 rings (SSSR count). The van der Waals surface area contributed by atoms with Crippen molar-refractivity contribution in [1.82, 2.24) is 24.2 Å². The number of nitrogens with zero attached hydrogens (tertiary/aromatic N) is 7. The van der Waals surface area contributed by atoms with Gasteiger partial charge in [-0.05, 0) is 20.9 Å². The van der Waals surface area contributed by atoms with Crippen LogP contribution in [0, 0.1) is 13.8 Å². The summed E-state index contributed by atoms with van der Waals surface area (Å²) >= 11 is 0. The number of amidine groups is 1. The smallest absolute Gasteiger partial charge is 0.304 e. The van der Waals surface area contributed by atoms with Crippen LogP contribution in [0.1, 0.15) is 17.4 Å². The van der Waals surface area contributed by atoms with Crippen LogP contribution in [-0.4, -0.2) is 95.8 Å². The van der Waals surface area contributed by atoms with Gasteiger partial charge in [-0.25, -0.2) is 13.9 Å². The van der Waals surface area contributed by atoms with E-state index in [0.29, 0.717) is 5.84 Å². The van der Waals surface area contributed by atoms with Crippen LogP contribution in [0.5, 0.6) is 0 Å². The van der Waals surface area contributed by atoms with E-state index < -0.39 is 6.04 Å². The Labute approximate surface area is 159 Å². The van der Waals surface area contributed by atoms with Crippen LogP contribution < -0.4 is 4.57 Å². The van der Waals surface area contributed by atoms with Crippen LogP contribution in [0.15, 0.2) is 4.99 Å². The highest BCUT2D eigenvalue weighted by Crippen LogP contribution is 2.34. The molecule has 1 atom stereocenters. The molecule has 1 unspecified atom stereocenters. The number of imide groups is 1. The van der Waals surface area contributed by atoms with Gasteiger partial charge < -0.3 is 4.90 Å². The van der Waals surface area contributed by atoms with E-state index >= 15 is 0 Å². The third-order valence-electron chi connectivity index (χ3n) is 6.18. The van der Waals surface area contributed by atoms with E-state index in [4.69, 9.17) is 4.99 Å². The van der Waals surface area contributed by atoms with Crippen molar-refractivity contribution in [3.8, 4) is 0 Å². The zero-order valence-electron chi connectivity index (χ0n) is 16.8. The molecule has 1 aromatic rings. The van der Waals surface area contributed by atoms with Crippen LogP contribution in [0.2, 0.25) is 0 Å². The molecule has 2 fully saturated rings. The lowest BCUT2D eigenvalue weighted by atomic mass is 10.1. The Hall–Kier alpha value is -2.26. The molecule has 1 aromatic heterocycles. The number of aromatic nitrogens is 2. The number of rotatable bonds is 3. The van der Waals surface area contributed by atoms with Crippen molar-refractivity contribution in [2.45, 2.75) is 26.4 Å². The third kappa shape index (κ3) is 2.68. The van der Waals surface area contributed by atoms with Crippen LogP contribution in [0.3, 0.4) is 0 Å². The second kappa shape index (κ2) is 6.42. The summed E-state index contributed by atoms with van der Waals surface area (Å²) in [5.41, 5.74) is 2.15. The molecular weight excluding hydrogens is 346 g/mol. The lowest BCUT2D eigenvalue weighted by molar-refractivity contribution is -0.688. The molecule has 27 heavy (non-hydrogen) atoms. The number of fused-ring (bicyclic) bond motifs is 3. The number of hydrogen-bond acceptors (Lipinski definition) is 5. The molecule has 9 nitrogen and oxygen atoms in total. The molecule has 0 radical (unpaired) electrons. The number of carbonyl (C=O) groups is 2. The first-order valence-corrected chi connectivity index (χ1v) is 9.47. The molecule has 0 aromatic carbocycles. The zero-order chi connectivity index (χ0) is 19.5. The first kappa shape index (κ1) is 18.1. The van der Waals surface area contributed by atoms with E-state index in [-0.39, 0.29) is 11.9 Å². The number of piperazine rings is 1. The molecule has 0 spiro atoms. The molecule has 3 amide bonds. The first-order valence-electron chi connectivity index (χ1n) is 9.47. The van der Waals surface area contributed by atoms with Gasteiger partial charge in [0.05, 0.1) is 6.54 Å². The van der Waals surface area contributed by atoms with Crippen molar-refractivity contribution in [1.29, 1.82) is 0 Å². The fourth-order valence-electron chi connectivity index (χ4n) is 4.16. The molecule has 0 N–H and O–H groups in total. The average Bonchev–Trinajstić information content (AvgIpc) is 3.15. The summed E-state index contributed by atoms with van der Waals surface area (Å²) in [6.07, 6.45) is 0. The first-order chi connectivity index (χ1) is 12.8. The second-order valence-electron chi connectivity index (χ2n) is 7.75. The Morgan fingerprint density at radius 2 is 1.70 bits per heavy atom. The molecule has 9 heteroatoms. The van der Waals surface area contributed by atoms with Gasteiger partial charge in [0.15, 0.2) is 0 Å². The van der Waals surface area contributed by atoms with Crippen LogP contribution in [0.25, 0.3) is 0 Å². The minimum absolute atomic E-state index is 0.222. The molecule has 0 saturated carbocycles. The quantitative estimate of drug-likeness (QED) is 0.684. The number of urea groups is 1. The zero-order valence-corrected chi connectivity index (χ0v) is 16.8. The third-order valence-corrected chi connectivity index (χ3v) is 6.18. The normalized spacial score (nSPS) is 23.7. The van der Waals surface area contributed by atoms with E-state index in [9.17, 15) is 9.59 Å². The van der Waals surface area contributed by atoms with Gasteiger partial charge in [0.1, 0.15) is 11.4 Å². The number of imidazole rings is 1. The minimum atomic E-state index is -0.545. The number of aliphatic imine (C=N–C) groups is 1. The number of carbonyl (C=O) groups excluding carboxylic acids is 2. The SMILES string of the molecule is Cc1c(C)[n+](CCN2CCN(C)CC2)c2n1C1C(=O)N(C)C(=O)N(C)C1=N2. The standard InChI is InChI=1S/C18H28N7O2/c1-12-13(2)25-14-15(21(4)18(27)22(5)16(14)26)19-17(25)24(12)11-10-23-8-6-20(3)7-9-23/h14H,6-11H2,1-5H3/q+1. The molecule has 3 aliphatic rings. The Morgan fingerprint density at radius 1 is 1.04 bits per heavy atom. The maximum absolute atomic E-state index is 12.8. The van der Waals surface area contributed by atoms with Gasteiger partial charge in [-0.1, -0.05) is 4.99 Å². The Balaban J connectivity index is 1.64. The molecule has 0 bridgehead atoms. The molecule has 3 aliphatic heterocycles. The highest BCUT2D eigenvalue weighted by Gasteiger charge is 2.53. The minimum Gasteiger partial charge on any atom is -0.304 e. The molecule has 146 valence electrons. The summed E-state index contributed by atoms with van der Waals surface area (Å²) in [6.45, 7) is 10.2. The average molecular weight is 374 g/mol. The highest BCUT2D eigenvalue weighted by molar-refractivity contribution is 6.20. The lowest BCUT2D eigenvalue weighted by Gasteiger charge is -2.31. The monoisotopic (exact) mass is 374 g/mol. The number of likely N-dealkylation sites (N-methyl/N-ethyl adjacent to an activating group) is 3. The molecular formula is C18H28N7O2+. The summed E-state index contributed by atoms with van der Waals surface area (Å²) < 4.78 is 4.17. The maximum Gasteiger partial charge on any atom is 0.402 e. The molecule has 2 saturated heterocycles. The summed E-state index contributed by atoms with van der Waals surface area (Å²) in [4.78, 5) is 37.3. The van der Waals surface area contributed by atoms with Gasteiger partial charge in [-0.3, -0.25) is 19.5 Å². The molecule has 0 aliphatic carbocycles. The van der Waals surface area contributed by atoms with Gasteiger partial charge in [0.2, 0.25) is 11.9 Å². The summed E-state index contributed by atoms with van der Waals surface area (Å²) in [5, 5.41) is 0. The molecule has 4 heterocycles. The van der Waals surface area contributed by atoms with E-state index in [1.165, 1.54) is 16.8 Å². The fourth-order valence-corrected chi connectivity index (χ4v) is 4.16. The number of hydrogen-bond donors (Lipinski definition) is 0. The second-order valence-corrected chi connectivity index (χ2v) is 7.75. The van der Waals surface area contributed by atoms with E-state index in [0.717, 1.165) is 56.6 Å². The van der Waals surface area contributed by atoms with Crippen LogP contribution >= 0.6 is 0 Å². The highest BCUT2D eigenvalue weighted by atomic mass is 16.2. The van der Waals surface area contributed by atoms with Gasteiger partial charge >= 0.3 is 12.0 Å². The fraction of sp³-hybridized carbons (Fsp3) is 0.667. The summed E-state index contributed by atoms with van der Waals surface area (Å²) in [5.74, 6) is 1.07. The van der Waals surface area contributed by atoms with Gasteiger partial charge in [-0.2, -0.15) is 0 Å². The topological polar surface area (TPSA) is 68.3 Å². The summed E-state index contributed by atoms with van der Waals surface area (Å²) in [7, 11) is 5.37. The van der Waals surface area contributed by atoms with Crippen molar-refractivity contribution < 1.29 is 14.2 Å². The van der Waals surface area contributed by atoms with Crippen molar-refractivity contribution in [2.24, 2.45) is 4.99 Å². The van der Waals surface area contributed by atoms with Gasteiger partial charge in [-0.15, -0.1) is 0 Å². The van der Waals surface area contributed by atoms with Crippen molar-refractivity contribution in [3.05, 3.63) is 11.4 Å². The Bertz CT molecular complexity index is 835.